The van der Waals surface area contributed by atoms with Gasteiger partial charge in [-0.05, 0) is 49.7 Å². The summed E-state index contributed by atoms with van der Waals surface area (Å²) in [5, 5.41) is 0. The van der Waals surface area contributed by atoms with Gasteiger partial charge in [-0.25, -0.2) is 14.2 Å². The summed E-state index contributed by atoms with van der Waals surface area (Å²) >= 11 is 0. The minimum absolute atomic E-state index is 0.111. The summed E-state index contributed by atoms with van der Waals surface area (Å²) in [6, 6.07) is 9.00. The second-order valence-electron chi connectivity index (χ2n) is 6.70. The molecule has 1 aliphatic heterocycles. The molecule has 0 saturated carbocycles. The van der Waals surface area contributed by atoms with E-state index in [0.717, 1.165) is 10.5 Å². The number of anilines is 1. The fourth-order valence-corrected chi connectivity index (χ4v) is 3.36. The van der Waals surface area contributed by atoms with Crippen molar-refractivity contribution >= 4 is 23.3 Å². The zero-order valence-electron chi connectivity index (χ0n) is 15.3. The summed E-state index contributed by atoms with van der Waals surface area (Å²) < 4.78 is 14.6. The number of nitrogens with zero attached hydrogens (tertiary/aromatic N) is 4. The number of aromatic nitrogens is 2. The van der Waals surface area contributed by atoms with Crippen molar-refractivity contribution in [2.24, 2.45) is 0 Å². The molecule has 0 spiro atoms. The third-order valence-corrected chi connectivity index (χ3v) is 4.81. The van der Waals surface area contributed by atoms with Crippen LogP contribution in [0.4, 0.5) is 14.9 Å². The van der Waals surface area contributed by atoms with Crippen molar-refractivity contribution < 1.29 is 14.0 Å². The molecule has 3 amide bonds. The molecule has 2 aromatic heterocycles. The molecule has 0 N–H and O–H groups in total. The number of carbonyl (C=O) groups excluding carboxylic acids is 2. The molecule has 0 aliphatic carbocycles. The molecule has 1 aliphatic rings. The van der Waals surface area contributed by atoms with Gasteiger partial charge in [-0.3, -0.25) is 23.8 Å². The highest BCUT2D eigenvalue weighted by Gasteiger charge is 2.43. The Morgan fingerprint density at radius 2 is 1.82 bits per heavy atom. The van der Waals surface area contributed by atoms with Crippen molar-refractivity contribution in [3.05, 3.63) is 76.1 Å². The van der Waals surface area contributed by atoms with Crippen LogP contribution >= 0.6 is 0 Å². The van der Waals surface area contributed by atoms with Crippen LogP contribution in [0.5, 0.6) is 0 Å². The number of hydrogen-bond donors (Lipinski definition) is 0. The first-order valence-electron chi connectivity index (χ1n) is 8.75. The molecule has 1 unspecified atom stereocenters. The molecule has 1 atom stereocenters. The molecule has 3 aromatic rings. The lowest BCUT2D eigenvalue weighted by molar-refractivity contribution is -0.127. The predicted octanol–water partition coefficient (Wildman–Crippen LogP) is 2.50. The van der Waals surface area contributed by atoms with Crippen LogP contribution in [-0.2, 0) is 11.3 Å². The molecule has 1 aromatic carbocycles. The number of carbonyl (C=O) groups is 2. The van der Waals surface area contributed by atoms with Gasteiger partial charge in [0.15, 0.2) is 0 Å². The van der Waals surface area contributed by atoms with Crippen molar-refractivity contribution in [3.8, 4) is 0 Å². The Balaban J connectivity index is 1.68. The third kappa shape index (κ3) is 2.83. The van der Waals surface area contributed by atoms with Crippen molar-refractivity contribution in [1.82, 2.24) is 14.3 Å². The number of rotatable bonds is 3. The van der Waals surface area contributed by atoms with E-state index in [1.165, 1.54) is 39.6 Å². The Labute approximate surface area is 159 Å². The molecular formula is C20H17FN4O3. The van der Waals surface area contributed by atoms with Crippen LogP contribution in [0.25, 0.3) is 5.65 Å². The molecule has 0 bridgehead atoms. The number of pyridine rings is 1. The third-order valence-electron chi connectivity index (χ3n) is 4.81. The molecule has 1 saturated heterocycles. The van der Waals surface area contributed by atoms with Crippen molar-refractivity contribution in [2.45, 2.75) is 26.4 Å². The van der Waals surface area contributed by atoms with Gasteiger partial charge in [0.2, 0.25) is 0 Å². The van der Waals surface area contributed by atoms with Crippen LogP contribution in [0, 0.1) is 12.7 Å². The van der Waals surface area contributed by atoms with Crippen LogP contribution in [0.2, 0.25) is 0 Å². The monoisotopic (exact) mass is 380 g/mol. The summed E-state index contributed by atoms with van der Waals surface area (Å²) in [7, 11) is 0. The van der Waals surface area contributed by atoms with Gasteiger partial charge in [0.1, 0.15) is 17.5 Å². The highest BCUT2D eigenvalue weighted by Crippen LogP contribution is 2.27. The maximum atomic E-state index is 13.2. The van der Waals surface area contributed by atoms with Gasteiger partial charge >= 0.3 is 6.03 Å². The quantitative estimate of drug-likeness (QED) is 0.655. The maximum Gasteiger partial charge on any atom is 0.332 e. The number of urea groups is 1. The molecule has 7 nitrogen and oxygen atoms in total. The van der Waals surface area contributed by atoms with Gasteiger partial charge in [-0.2, -0.15) is 0 Å². The van der Waals surface area contributed by atoms with Crippen LogP contribution in [0.15, 0.2) is 53.5 Å². The van der Waals surface area contributed by atoms with Gasteiger partial charge in [0, 0.05) is 18.0 Å². The predicted molar refractivity (Wildman–Crippen MR) is 100 cm³/mol. The summed E-state index contributed by atoms with van der Waals surface area (Å²) in [4.78, 5) is 44.7. The van der Waals surface area contributed by atoms with E-state index in [-0.39, 0.29) is 12.1 Å². The van der Waals surface area contributed by atoms with Gasteiger partial charge in [-0.15, -0.1) is 0 Å². The van der Waals surface area contributed by atoms with E-state index >= 15 is 0 Å². The number of halogens is 1. The summed E-state index contributed by atoms with van der Waals surface area (Å²) in [6.45, 7) is 3.33. The Bertz CT molecular complexity index is 1160. The average Bonchev–Trinajstić information content (AvgIpc) is 2.87. The Morgan fingerprint density at radius 3 is 2.54 bits per heavy atom. The smallest absolute Gasteiger partial charge is 0.282 e. The highest BCUT2D eigenvalue weighted by atomic mass is 19.1. The van der Waals surface area contributed by atoms with E-state index in [9.17, 15) is 18.8 Å². The number of aryl methyl sites for hydroxylation is 1. The summed E-state index contributed by atoms with van der Waals surface area (Å²) in [5.41, 5.74) is 1.76. The van der Waals surface area contributed by atoms with E-state index in [4.69, 9.17) is 0 Å². The standard InChI is InChI=1S/C20H17FN4O3/c1-12-4-3-9-23-17(26)10-15(22-18(12)23)11-24-19(27)13(2)25(20(24)28)16-7-5-14(21)6-8-16/h3-10,13H,11H2,1-2H3. The Hall–Kier alpha value is -3.55. The second kappa shape index (κ2) is 6.56. The first-order valence-corrected chi connectivity index (χ1v) is 8.75. The van der Waals surface area contributed by atoms with E-state index in [1.807, 2.05) is 13.0 Å². The first kappa shape index (κ1) is 17.8. The van der Waals surface area contributed by atoms with Crippen molar-refractivity contribution in [1.29, 1.82) is 0 Å². The van der Waals surface area contributed by atoms with Gasteiger partial charge in [0.05, 0.1) is 12.2 Å². The fraction of sp³-hybridized carbons (Fsp3) is 0.200. The molecule has 4 rings (SSSR count). The summed E-state index contributed by atoms with van der Waals surface area (Å²) in [5.74, 6) is -0.830. The van der Waals surface area contributed by atoms with Crippen LogP contribution < -0.4 is 10.5 Å². The minimum atomic E-state index is -0.735. The lowest BCUT2D eigenvalue weighted by atomic mass is 10.2. The Kier molecular flexibility index (Phi) is 4.18. The molecule has 0 radical (unpaired) electrons. The number of fused-ring (bicyclic) bond motifs is 1. The van der Waals surface area contributed by atoms with Crippen molar-refractivity contribution in [3.63, 3.8) is 0 Å². The lowest BCUT2D eigenvalue weighted by Gasteiger charge is -2.19. The van der Waals surface area contributed by atoms with Gasteiger partial charge in [-0.1, -0.05) is 6.07 Å². The van der Waals surface area contributed by atoms with Gasteiger partial charge < -0.3 is 0 Å². The molecular weight excluding hydrogens is 363 g/mol. The largest absolute Gasteiger partial charge is 0.332 e. The minimum Gasteiger partial charge on any atom is -0.282 e. The number of imide groups is 1. The molecule has 28 heavy (non-hydrogen) atoms. The van der Waals surface area contributed by atoms with Crippen LogP contribution in [0.3, 0.4) is 0 Å². The number of benzene rings is 1. The number of hydrogen-bond acceptors (Lipinski definition) is 4. The fourth-order valence-electron chi connectivity index (χ4n) is 3.36. The summed E-state index contributed by atoms with van der Waals surface area (Å²) in [6.07, 6.45) is 1.62. The van der Waals surface area contributed by atoms with Crippen LogP contribution in [0.1, 0.15) is 18.2 Å². The van der Waals surface area contributed by atoms with Crippen LogP contribution in [-0.4, -0.2) is 32.3 Å². The first-order chi connectivity index (χ1) is 13.4. The van der Waals surface area contributed by atoms with E-state index in [2.05, 4.69) is 4.98 Å². The van der Waals surface area contributed by atoms with Crippen molar-refractivity contribution in [2.75, 3.05) is 4.90 Å². The number of amides is 3. The zero-order valence-corrected chi connectivity index (χ0v) is 15.3. The molecule has 3 heterocycles. The topological polar surface area (TPSA) is 75.0 Å². The zero-order chi connectivity index (χ0) is 20.0. The second-order valence-corrected chi connectivity index (χ2v) is 6.70. The maximum absolute atomic E-state index is 13.2. The SMILES string of the molecule is Cc1cccn2c(=O)cc(CN3C(=O)C(C)N(c4ccc(F)cc4)C3=O)nc12. The highest BCUT2D eigenvalue weighted by molar-refractivity contribution is 6.13. The Morgan fingerprint density at radius 1 is 1.11 bits per heavy atom. The molecule has 1 fully saturated rings. The molecule has 8 heteroatoms. The molecule has 142 valence electrons. The van der Waals surface area contributed by atoms with E-state index in [1.54, 1.807) is 19.2 Å². The average molecular weight is 380 g/mol. The normalized spacial score (nSPS) is 17.0. The van der Waals surface area contributed by atoms with Gasteiger partial charge in [0.25, 0.3) is 11.5 Å². The van der Waals surface area contributed by atoms with E-state index < -0.39 is 23.8 Å². The van der Waals surface area contributed by atoms with E-state index in [0.29, 0.717) is 17.0 Å². The lowest BCUT2D eigenvalue weighted by Crippen LogP contribution is -2.34.